The third-order valence-electron chi connectivity index (χ3n) is 5.76. The van der Waals surface area contributed by atoms with E-state index in [9.17, 15) is 14.7 Å². The van der Waals surface area contributed by atoms with Crippen molar-refractivity contribution in [1.82, 2.24) is 0 Å². The number of rotatable bonds is 5. The van der Waals surface area contributed by atoms with Gasteiger partial charge < -0.3 is 10.2 Å². The summed E-state index contributed by atoms with van der Waals surface area (Å²) in [6.45, 7) is 0. The molecule has 0 bridgehead atoms. The molecule has 3 rings (SSSR count). The lowest BCUT2D eigenvalue weighted by Crippen LogP contribution is -2.21. The van der Waals surface area contributed by atoms with Crippen molar-refractivity contribution in [3.05, 3.63) is 11.6 Å². The number of carboxylic acid groups (broad SMARTS) is 1. The number of hydrogen-bond donors (Lipinski definition) is 2. The van der Waals surface area contributed by atoms with Crippen LogP contribution in [-0.2, 0) is 9.59 Å². The molecule has 0 unspecified atom stereocenters. The third-order valence-corrected chi connectivity index (χ3v) is 5.76. The van der Waals surface area contributed by atoms with Gasteiger partial charge in [-0.05, 0) is 49.9 Å². The van der Waals surface area contributed by atoms with Crippen LogP contribution in [0.25, 0.3) is 0 Å². The summed E-state index contributed by atoms with van der Waals surface area (Å²) in [5.41, 5.74) is 0.490. The van der Waals surface area contributed by atoms with Gasteiger partial charge in [0, 0.05) is 17.9 Å². The summed E-state index contributed by atoms with van der Waals surface area (Å²) < 4.78 is 0. The lowest BCUT2D eigenvalue weighted by Gasteiger charge is -2.20. The average molecular weight is 292 g/mol. The summed E-state index contributed by atoms with van der Waals surface area (Å²) in [6, 6.07) is 0. The second-order valence-electron chi connectivity index (χ2n) is 6.99. The van der Waals surface area contributed by atoms with Crippen molar-refractivity contribution < 1.29 is 19.8 Å². The third kappa shape index (κ3) is 2.91. The van der Waals surface area contributed by atoms with Crippen molar-refractivity contribution >= 4 is 11.8 Å². The van der Waals surface area contributed by atoms with Gasteiger partial charge in [0.1, 0.15) is 5.78 Å². The number of Topliss-reactive ketones (excluding diaryl/α,β-unsaturated/α-hetero) is 1. The summed E-state index contributed by atoms with van der Waals surface area (Å²) in [4.78, 5) is 23.3. The Morgan fingerprint density at radius 2 is 1.95 bits per heavy atom. The van der Waals surface area contributed by atoms with Gasteiger partial charge in [-0.1, -0.05) is 18.9 Å². The van der Waals surface area contributed by atoms with Crippen LogP contribution in [0, 0.1) is 23.7 Å². The fourth-order valence-electron chi connectivity index (χ4n) is 4.61. The van der Waals surface area contributed by atoms with E-state index in [0.717, 1.165) is 25.7 Å². The monoisotopic (exact) mass is 292 g/mol. The van der Waals surface area contributed by atoms with E-state index in [0.29, 0.717) is 37.0 Å². The number of hydrogen-bond acceptors (Lipinski definition) is 3. The van der Waals surface area contributed by atoms with Crippen LogP contribution < -0.4 is 0 Å². The maximum Gasteiger partial charge on any atom is 0.331 e. The minimum absolute atomic E-state index is 0.0669. The Labute approximate surface area is 125 Å². The lowest BCUT2D eigenvalue weighted by atomic mass is 9.86. The van der Waals surface area contributed by atoms with Gasteiger partial charge in [0.15, 0.2) is 0 Å². The van der Waals surface area contributed by atoms with Crippen LogP contribution >= 0.6 is 0 Å². The molecule has 0 amide bonds. The van der Waals surface area contributed by atoms with E-state index < -0.39 is 5.97 Å². The molecule has 2 fully saturated rings. The van der Waals surface area contributed by atoms with Crippen molar-refractivity contribution in [2.24, 2.45) is 23.7 Å². The van der Waals surface area contributed by atoms with E-state index in [1.165, 1.54) is 0 Å². The maximum atomic E-state index is 12.2. The predicted molar refractivity (Wildman–Crippen MR) is 77.6 cm³/mol. The molecular formula is C17H24O4. The molecule has 116 valence electrons. The molecule has 0 aromatic heterocycles. The Morgan fingerprint density at radius 1 is 1.24 bits per heavy atom. The number of ketones is 1. The van der Waals surface area contributed by atoms with E-state index in [1.54, 1.807) is 0 Å². The number of aliphatic carboxylic acids is 1. The molecule has 0 aliphatic heterocycles. The van der Waals surface area contributed by atoms with Crippen LogP contribution in [-0.4, -0.2) is 28.1 Å². The van der Waals surface area contributed by atoms with Crippen molar-refractivity contribution in [3.63, 3.8) is 0 Å². The molecule has 2 N–H and O–H groups in total. The first-order chi connectivity index (χ1) is 10.1. The predicted octanol–water partition coefficient (Wildman–Crippen LogP) is 2.55. The Balaban J connectivity index is 1.59. The number of carbonyl (C=O) groups is 2. The number of fused-ring (bicyclic) bond motifs is 1. The van der Waals surface area contributed by atoms with Crippen LogP contribution in [0.15, 0.2) is 11.6 Å². The van der Waals surface area contributed by atoms with Gasteiger partial charge in [-0.25, -0.2) is 4.79 Å². The molecule has 0 saturated heterocycles. The minimum atomic E-state index is -0.834. The molecule has 0 aromatic carbocycles. The van der Waals surface area contributed by atoms with Gasteiger partial charge in [0.2, 0.25) is 0 Å². The van der Waals surface area contributed by atoms with Crippen molar-refractivity contribution in [2.75, 3.05) is 0 Å². The number of aliphatic hydroxyl groups excluding tert-OH is 1. The van der Waals surface area contributed by atoms with E-state index >= 15 is 0 Å². The highest BCUT2D eigenvalue weighted by Gasteiger charge is 2.45. The zero-order chi connectivity index (χ0) is 15.0. The Bertz CT molecular complexity index is 461. The van der Waals surface area contributed by atoms with Gasteiger partial charge >= 0.3 is 5.97 Å². The minimum Gasteiger partial charge on any atom is -0.478 e. The Morgan fingerprint density at radius 3 is 2.62 bits per heavy atom. The van der Waals surface area contributed by atoms with E-state index in [2.05, 4.69) is 0 Å². The van der Waals surface area contributed by atoms with Crippen molar-refractivity contribution in [1.29, 1.82) is 0 Å². The fourth-order valence-corrected chi connectivity index (χ4v) is 4.61. The normalized spacial score (nSPS) is 35.8. The maximum absolute atomic E-state index is 12.2. The molecular weight excluding hydrogens is 268 g/mol. The molecule has 4 heteroatoms. The number of aliphatic hydroxyl groups is 1. The zero-order valence-corrected chi connectivity index (χ0v) is 12.3. The topological polar surface area (TPSA) is 74.6 Å². The second-order valence-corrected chi connectivity index (χ2v) is 6.99. The van der Waals surface area contributed by atoms with E-state index in [1.807, 2.05) is 6.08 Å². The van der Waals surface area contributed by atoms with Crippen molar-refractivity contribution in [3.8, 4) is 0 Å². The smallest absolute Gasteiger partial charge is 0.331 e. The fraction of sp³-hybridized carbons (Fsp3) is 0.765. The number of allylic oxidation sites excluding steroid dienone is 1. The largest absolute Gasteiger partial charge is 0.478 e. The van der Waals surface area contributed by atoms with Crippen LogP contribution in [0.1, 0.15) is 51.4 Å². The first kappa shape index (κ1) is 14.8. The van der Waals surface area contributed by atoms with Crippen LogP contribution in [0.2, 0.25) is 0 Å². The highest BCUT2D eigenvalue weighted by molar-refractivity contribution is 5.87. The van der Waals surface area contributed by atoms with Crippen LogP contribution in [0.5, 0.6) is 0 Å². The van der Waals surface area contributed by atoms with Gasteiger partial charge in [0.05, 0.1) is 6.10 Å². The molecule has 4 nitrogen and oxygen atoms in total. The molecule has 3 aliphatic carbocycles. The molecule has 0 aromatic rings. The Kier molecular flexibility index (Phi) is 4.16. The summed E-state index contributed by atoms with van der Waals surface area (Å²) in [5, 5.41) is 19.3. The molecule has 0 radical (unpaired) electrons. The van der Waals surface area contributed by atoms with Gasteiger partial charge in [-0.2, -0.15) is 0 Å². The van der Waals surface area contributed by atoms with Gasteiger partial charge in [-0.3, -0.25) is 4.79 Å². The molecule has 0 heterocycles. The highest BCUT2D eigenvalue weighted by atomic mass is 16.4. The molecule has 3 aliphatic rings. The van der Waals surface area contributed by atoms with Gasteiger partial charge in [-0.15, -0.1) is 0 Å². The Hall–Kier alpha value is -1.16. The number of carbonyl (C=O) groups excluding carboxylic acids is 1. The van der Waals surface area contributed by atoms with Crippen LogP contribution in [0.4, 0.5) is 0 Å². The summed E-state index contributed by atoms with van der Waals surface area (Å²) in [7, 11) is 0. The van der Waals surface area contributed by atoms with Crippen LogP contribution in [0.3, 0.4) is 0 Å². The first-order valence-corrected chi connectivity index (χ1v) is 8.21. The van der Waals surface area contributed by atoms with Gasteiger partial charge in [0.25, 0.3) is 0 Å². The molecule has 0 spiro atoms. The quantitative estimate of drug-likeness (QED) is 0.816. The molecule has 21 heavy (non-hydrogen) atoms. The molecule has 2 saturated carbocycles. The standard InChI is InChI=1S/C17H24O4/c18-15(10-3-1-2-4-10)6-5-13-14-8-12(17(20)21)7-11(14)9-16(13)19/h8,10-11,13-14,16,19H,1-7,9H2,(H,20,21)/t11-,13+,14-,16+/m0/s1. The first-order valence-electron chi connectivity index (χ1n) is 8.21. The number of carboxylic acids is 1. The lowest BCUT2D eigenvalue weighted by molar-refractivity contribution is -0.132. The summed E-state index contributed by atoms with van der Waals surface area (Å²) in [5.74, 6) is 0.244. The zero-order valence-electron chi connectivity index (χ0n) is 12.3. The summed E-state index contributed by atoms with van der Waals surface area (Å²) in [6.07, 6.45) is 8.37. The highest BCUT2D eigenvalue weighted by Crippen LogP contribution is 2.48. The van der Waals surface area contributed by atoms with Crippen molar-refractivity contribution in [2.45, 2.75) is 57.5 Å². The summed E-state index contributed by atoms with van der Waals surface area (Å²) >= 11 is 0. The van der Waals surface area contributed by atoms with E-state index in [4.69, 9.17) is 5.11 Å². The van der Waals surface area contributed by atoms with E-state index in [-0.39, 0.29) is 29.8 Å². The second kappa shape index (κ2) is 5.91. The SMILES string of the molecule is O=C(O)C1=C[C@H]2[C@@H](C1)C[C@@H](O)[C@@H]2CCC(=O)C1CCCC1. The molecule has 4 atom stereocenters. The average Bonchev–Trinajstić information content (AvgIpc) is 3.11.